The van der Waals surface area contributed by atoms with Gasteiger partial charge >= 0.3 is 0 Å². The van der Waals surface area contributed by atoms with E-state index in [1.165, 1.54) is 0 Å². The van der Waals surface area contributed by atoms with Crippen LogP contribution < -0.4 is 15.4 Å². The second-order valence-electron chi connectivity index (χ2n) is 5.48. The maximum absolute atomic E-state index is 12.6. The lowest BCUT2D eigenvalue weighted by atomic mass is 10.1. The molecule has 0 unspecified atom stereocenters. The first kappa shape index (κ1) is 19.5. The lowest BCUT2D eigenvalue weighted by molar-refractivity contribution is -0.115. The summed E-state index contributed by atoms with van der Waals surface area (Å²) in [5, 5.41) is 5.60. The fourth-order valence-corrected chi connectivity index (χ4v) is 2.26. The molecule has 0 saturated carbocycles. The van der Waals surface area contributed by atoms with Crippen LogP contribution in [0.5, 0.6) is 5.75 Å². The Balaban J connectivity index is 2.05. The zero-order valence-electron chi connectivity index (χ0n) is 15.1. The van der Waals surface area contributed by atoms with E-state index in [9.17, 15) is 9.59 Å². The second kappa shape index (κ2) is 10.2. The van der Waals surface area contributed by atoms with Gasteiger partial charge in [-0.05, 0) is 37.3 Å². The minimum Gasteiger partial charge on any atom is -0.490 e. The van der Waals surface area contributed by atoms with E-state index in [-0.39, 0.29) is 11.8 Å². The molecule has 0 spiro atoms. The molecule has 0 aliphatic heterocycles. The number of ether oxygens (including phenoxy) is 2. The lowest BCUT2D eigenvalue weighted by Gasteiger charge is -2.12. The molecule has 0 aromatic heterocycles. The largest absolute Gasteiger partial charge is 0.490 e. The number of rotatable bonds is 9. The molecular formula is C20H24N2O4. The Morgan fingerprint density at radius 2 is 1.65 bits per heavy atom. The lowest BCUT2D eigenvalue weighted by Crippen LogP contribution is -2.15. The van der Waals surface area contributed by atoms with Gasteiger partial charge in [0.1, 0.15) is 12.4 Å². The van der Waals surface area contributed by atoms with Crippen LogP contribution in [-0.2, 0) is 9.53 Å². The van der Waals surface area contributed by atoms with Crippen LogP contribution in [0.3, 0.4) is 0 Å². The number of para-hydroxylation sites is 1. The third kappa shape index (κ3) is 5.89. The molecule has 0 radical (unpaired) electrons. The first-order chi connectivity index (χ1) is 12.6. The number of benzene rings is 2. The molecule has 138 valence electrons. The van der Waals surface area contributed by atoms with Crippen molar-refractivity contribution in [1.82, 2.24) is 0 Å². The maximum atomic E-state index is 12.6. The highest BCUT2D eigenvalue weighted by Crippen LogP contribution is 2.21. The predicted molar refractivity (Wildman–Crippen MR) is 102 cm³/mol. The Hall–Kier alpha value is -2.86. The van der Waals surface area contributed by atoms with E-state index in [1.807, 2.05) is 13.0 Å². The van der Waals surface area contributed by atoms with Crippen molar-refractivity contribution < 1.29 is 19.1 Å². The highest BCUT2D eigenvalue weighted by molar-refractivity contribution is 6.06. The van der Waals surface area contributed by atoms with Crippen molar-refractivity contribution in [3.8, 4) is 5.75 Å². The van der Waals surface area contributed by atoms with Gasteiger partial charge in [0, 0.05) is 24.4 Å². The van der Waals surface area contributed by atoms with Gasteiger partial charge < -0.3 is 20.1 Å². The van der Waals surface area contributed by atoms with Crippen molar-refractivity contribution in [2.75, 3.05) is 30.5 Å². The van der Waals surface area contributed by atoms with Crippen LogP contribution in [0.4, 0.5) is 11.4 Å². The molecule has 0 aliphatic carbocycles. The molecular weight excluding hydrogens is 332 g/mol. The maximum Gasteiger partial charge on any atom is 0.259 e. The van der Waals surface area contributed by atoms with E-state index in [0.717, 1.165) is 0 Å². The van der Waals surface area contributed by atoms with Gasteiger partial charge in [0.25, 0.3) is 5.91 Å². The molecule has 6 heteroatoms. The summed E-state index contributed by atoms with van der Waals surface area (Å²) in [6.07, 6.45) is 0.392. The number of hydrogen-bond donors (Lipinski definition) is 2. The summed E-state index contributed by atoms with van der Waals surface area (Å²) in [6, 6.07) is 14.1. The molecule has 2 amide bonds. The van der Waals surface area contributed by atoms with Gasteiger partial charge in [0.15, 0.2) is 0 Å². The summed E-state index contributed by atoms with van der Waals surface area (Å²) in [4.78, 5) is 24.1. The number of carbonyl (C=O) groups excluding carboxylic acids is 2. The fraction of sp³-hybridized carbons (Fsp3) is 0.300. The quantitative estimate of drug-likeness (QED) is 0.672. The zero-order valence-corrected chi connectivity index (χ0v) is 15.1. The van der Waals surface area contributed by atoms with Crippen molar-refractivity contribution >= 4 is 23.2 Å². The highest BCUT2D eigenvalue weighted by atomic mass is 16.5. The van der Waals surface area contributed by atoms with Gasteiger partial charge in [-0.3, -0.25) is 9.59 Å². The second-order valence-corrected chi connectivity index (χ2v) is 5.48. The smallest absolute Gasteiger partial charge is 0.259 e. The third-order valence-corrected chi connectivity index (χ3v) is 3.55. The number of carbonyl (C=O) groups is 2. The summed E-state index contributed by atoms with van der Waals surface area (Å²) in [6.45, 7) is 5.15. The summed E-state index contributed by atoms with van der Waals surface area (Å²) >= 11 is 0. The van der Waals surface area contributed by atoms with Crippen molar-refractivity contribution in [2.45, 2.75) is 20.3 Å². The summed E-state index contributed by atoms with van der Waals surface area (Å²) < 4.78 is 10.9. The van der Waals surface area contributed by atoms with E-state index in [4.69, 9.17) is 9.47 Å². The molecule has 0 heterocycles. The Morgan fingerprint density at radius 1 is 0.923 bits per heavy atom. The van der Waals surface area contributed by atoms with Gasteiger partial charge in [0.05, 0.1) is 12.2 Å². The Morgan fingerprint density at radius 3 is 2.38 bits per heavy atom. The molecule has 2 rings (SSSR count). The number of hydrogen-bond acceptors (Lipinski definition) is 4. The molecule has 26 heavy (non-hydrogen) atoms. The predicted octanol–water partition coefficient (Wildman–Crippen LogP) is 3.70. The van der Waals surface area contributed by atoms with Gasteiger partial charge in [-0.15, -0.1) is 0 Å². The Labute approximate surface area is 153 Å². The normalized spacial score (nSPS) is 10.2. The van der Waals surface area contributed by atoms with Gasteiger partial charge in [0.2, 0.25) is 5.91 Å². The molecule has 0 fully saturated rings. The van der Waals surface area contributed by atoms with Crippen LogP contribution >= 0.6 is 0 Å². The molecule has 2 aromatic carbocycles. The minimum absolute atomic E-state index is 0.0819. The first-order valence-corrected chi connectivity index (χ1v) is 8.64. The van der Waals surface area contributed by atoms with Gasteiger partial charge in [-0.25, -0.2) is 0 Å². The highest BCUT2D eigenvalue weighted by Gasteiger charge is 2.12. The Kier molecular flexibility index (Phi) is 7.64. The average Bonchev–Trinajstić information content (AvgIpc) is 2.65. The Bertz CT molecular complexity index is 746. The summed E-state index contributed by atoms with van der Waals surface area (Å²) in [5.74, 6) is 0.137. The standard InChI is InChI=1S/C20H24N2O4/c1-3-19(23)21-15-8-7-9-16(14-15)22-20(24)17-10-5-6-11-18(17)26-13-12-25-4-2/h5-11,14H,3-4,12-13H2,1-2H3,(H,21,23)(H,22,24). The first-order valence-electron chi connectivity index (χ1n) is 8.64. The van der Waals surface area contributed by atoms with E-state index >= 15 is 0 Å². The third-order valence-electron chi connectivity index (χ3n) is 3.55. The topological polar surface area (TPSA) is 76.7 Å². The zero-order chi connectivity index (χ0) is 18.8. The molecule has 6 nitrogen and oxygen atoms in total. The molecule has 0 atom stereocenters. The van der Waals surface area contributed by atoms with E-state index in [2.05, 4.69) is 10.6 Å². The van der Waals surface area contributed by atoms with Gasteiger partial charge in [-0.1, -0.05) is 25.1 Å². The summed E-state index contributed by atoms with van der Waals surface area (Å²) in [7, 11) is 0. The van der Waals surface area contributed by atoms with Crippen molar-refractivity contribution in [1.29, 1.82) is 0 Å². The number of nitrogens with one attached hydrogen (secondary N) is 2. The summed E-state index contributed by atoms with van der Waals surface area (Å²) in [5.41, 5.74) is 1.66. The van der Waals surface area contributed by atoms with E-state index < -0.39 is 0 Å². The van der Waals surface area contributed by atoms with Crippen LogP contribution in [0.1, 0.15) is 30.6 Å². The SMILES string of the molecule is CCOCCOc1ccccc1C(=O)Nc1cccc(NC(=O)CC)c1. The van der Waals surface area contributed by atoms with Crippen molar-refractivity contribution in [2.24, 2.45) is 0 Å². The molecule has 2 N–H and O–H groups in total. The van der Waals surface area contributed by atoms with E-state index in [1.54, 1.807) is 49.4 Å². The molecule has 2 aromatic rings. The van der Waals surface area contributed by atoms with Crippen molar-refractivity contribution in [3.63, 3.8) is 0 Å². The fourth-order valence-electron chi connectivity index (χ4n) is 2.26. The minimum atomic E-state index is -0.282. The molecule has 0 bridgehead atoms. The van der Waals surface area contributed by atoms with Crippen LogP contribution in [-0.4, -0.2) is 31.6 Å². The van der Waals surface area contributed by atoms with Crippen LogP contribution in [0.15, 0.2) is 48.5 Å². The molecule has 0 aliphatic rings. The molecule has 0 saturated heterocycles. The van der Waals surface area contributed by atoms with Gasteiger partial charge in [-0.2, -0.15) is 0 Å². The van der Waals surface area contributed by atoms with E-state index in [0.29, 0.717) is 48.9 Å². The number of amides is 2. The van der Waals surface area contributed by atoms with Crippen LogP contribution in [0.2, 0.25) is 0 Å². The number of anilines is 2. The van der Waals surface area contributed by atoms with Crippen LogP contribution in [0.25, 0.3) is 0 Å². The van der Waals surface area contributed by atoms with Crippen molar-refractivity contribution in [3.05, 3.63) is 54.1 Å². The average molecular weight is 356 g/mol. The van der Waals surface area contributed by atoms with Crippen LogP contribution in [0, 0.1) is 0 Å². The monoisotopic (exact) mass is 356 g/mol.